The van der Waals surface area contributed by atoms with Crippen molar-refractivity contribution in [3.05, 3.63) is 65.1 Å². The van der Waals surface area contributed by atoms with Crippen LogP contribution < -0.4 is 20.5 Å². The van der Waals surface area contributed by atoms with Crippen LogP contribution in [0.3, 0.4) is 0 Å². The van der Waals surface area contributed by atoms with Crippen LogP contribution in [-0.2, 0) is 11.3 Å². The zero-order valence-corrected chi connectivity index (χ0v) is 23.8. The minimum absolute atomic E-state index is 0.00254. The van der Waals surface area contributed by atoms with Crippen molar-refractivity contribution in [2.45, 2.75) is 59.3 Å². The molecular formula is C29H33F4N3O7. The number of aliphatic hydroxyl groups is 1. The maximum atomic E-state index is 14.2. The molecule has 0 aliphatic carbocycles. The lowest BCUT2D eigenvalue weighted by Crippen LogP contribution is -2.27. The van der Waals surface area contributed by atoms with E-state index in [4.69, 9.17) is 24.7 Å². The van der Waals surface area contributed by atoms with E-state index in [1.807, 2.05) is 20.8 Å². The summed E-state index contributed by atoms with van der Waals surface area (Å²) in [6, 6.07) is 6.74. The quantitative estimate of drug-likeness (QED) is 0.151. The summed E-state index contributed by atoms with van der Waals surface area (Å²) in [6.07, 6.45) is -1.31. The number of halogens is 4. The lowest BCUT2D eigenvalue weighted by atomic mass is 9.88. The van der Waals surface area contributed by atoms with Crippen molar-refractivity contribution < 1.29 is 50.9 Å². The van der Waals surface area contributed by atoms with Crippen LogP contribution in [-0.4, -0.2) is 41.9 Å². The first-order valence-electron chi connectivity index (χ1n) is 13.3. The number of primary amides is 1. The molecular weight excluding hydrogens is 578 g/mol. The predicted octanol–water partition coefficient (Wildman–Crippen LogP) is 5.88. The first-order chi connectivity index (χ1) is 20.3. The van der Waals surface area contributed by atoms with Gasteiger partial charge in [0.05, 0.1) is 6.61 Å². The van der Waals surface area contributed by atoms with E-state index in [0.717, 1.165) is 6.07 Å². The number of aromatic nitrogens is 1. The average molecular weight is 612 g/mol. The lowest BCUT2D eigenvalue weighted by molar-refractivity contribution is -0.0515. The van der Waals surface area contributed by atoms with Gasteiger partial charge in [0.1, 0.15) is 11.6 Å². The molecule has 0 fully saturated rings. The second-order valence-electron chi connectivity index (χ2n) is 10.7. The number of carbonyl (C=O) groups is 2. The standard InChI is InChI=1S/C29H33F4N3O7/c1-29(2,3)14-22(42-28(34)39)24-23(25(38)35-15-17-6-8-18(30)13-19(17)31)36-26(43-24)16-7-9-20(41-27(32)33)21(12-16)40-11-5-4-10-37/h6-9,12-13,22,27,37H,4-5,10-11,14-15H2,1-3H3,(H2,34,39)(H,35,38)/t22-/m0/s1. The van der Waals surface area contributed by atoms with Gasteiger partial charge in [-0.05, 0) is 48.9 Å². The summed E-state index contributed by atoms with van der Waals surface area (Å²) in [4.78, 5) is 29.4. The molecule has 1 aromatic heterocycles. The van der Waals surface area contributed by atoms with Crippen LogP contribution >= 0.6 is 0 Å². The number of oxazole rings is 1. The Morgan fingerprint density at radius 3 is 2.47 bits per heavy atom. The number of amides is 2. The lowest BCUT2D eigenvalue weighted by Gasteiger charge is -2.24. The number of hydrogen-bond acceptors (Lipinski definition) is 8. The Balaban J connectivity index is 2.04. The number of unbranched alkanes of at least 4 members (excludes halogenated alkanes) is 1. The molecule has 4 N–H and O–H groups in total. The molecule has 1 heterocycles. The predicted molar refractivity (Wildman–Crippen MR) is 145 cm³/mol. The molecule has 3 rings (SSSR count). The van der Waals surface area contributed by atoms with Crippen molar-refractivity contribution in [2.75, 3.05) is 13.2 Å². The van der Waals surface area contributed by atoms with Crippen molar-refractivity contribution in [2.24, 2.45) is 11.1 Å². The molecule has 3 aromatic rings. The van der Waals surface area contributed by atoms with E-state index >= 15 is 0 Å². The monoisotopic (exact) mass is 611 g/mol. The number of alkyl halides is 2. The molecule has 10 nitrogen and oxygen atoms in total. The van der Waals surface area contributed by atoms with Crippen molar-refractivity contribution in [1.82, 2.24) is 10.3 Å². The van der Waals surface area contributed by atoms with E-state index in [1.165, 1.54) is 24.3 Å². The minimum Gasteiger partial charge on any atom is -0.490 e. The zero-order chi connectivity index (χ0) is 31.7. The third kappa shape index (κ3) is 9.87. The zero-order valence-electron chi connectivity index (χ0n) is 23.8. The van der Waals surface area contributed by atoms with Gasteiger partial charge in [-0.15, -0.1) is 0 Å². The molecule has 0 bridgehead atoms. The van der Waals surface area contributed by atoms with Gasteiger partial charge in [-0.2, -0.15) is 8.78 Å². The highest BCUT2D eigenvalue weighted by atomic mass is 19.3. The van der Waals surface area contributed by atoms with Gasteiger partial charge in [0.2, 0.25) is 5.89 Å². The van der Waals surface area contributed by atoms with Gasteiger partial charge in [-0.25, -0.2) is 18.6 Å². The Morgan fingerprint density at radius 1 is 1.09 bits per heavy atom. The number of carbonyl (C=O) groups excluding carboxylic acids is 2. The first-order valence-corrected chi connectivity index (χ1v) is 13.3. The van der Waals surface area contributed by atoms with E-state index in [-0.39, 0.29) is 66.2 Å². The van der Waals surface area contributed by atoms with Gasteiger partial charge >= 0.3 is 12.7 Å². The number of ether oxygens (including phenoxy) is 3. The van der Waals surface area contributed by atoms with Gasteiger partial charge in [-0.3, -0.25) is 4.79 Å². The third-order valence-electron chi connectivity index (χ3n) is 5.89. The summed E-state index contributed by atoms with van der Waals surface area (Å²) in [5.41, 5.74) is 4.72. The number of rotatable bonds is 14. The minimum atomic E-state index is -3.13. The van der Waals surface area contributed by atoms with Crippen LogP contribution in [0.2, 0.25) is 0 Å². The number of hydrogen-bond donors (Lipinski definition) is 3. The van der Waals surface area contributed by atoms with E-state index < -0.39 is 41.8 Å². The number of aliphatic hydroxyl groups excluding tert-OH is 1. The molecule has 0 aliphatic rings. The van der Waals surface area contributed by atoms with Gasteiger partial charge < -0.3 is 34.8 Å². The van der Waals surface area contributed by atoms with E-state index in [2.05, 4.69) is 15.0 Å². The highest BCUT2D eigenvalue weighted by Crippen LogP contribution is 2.38. The van der Waals surface area contributed by atoms with Crippen LogP contribution in [0.1, 0.15) is 67.9 Å². The smallest absolute Gasteiger partial charge is 0.405 e. The maximum absolute atomic E-state index is 14.2. The summed E-state index contributed by atoms with van der Waals surface area (Å²) in [5.74, 6) is -3.17. The van der Waals surface area contributed by atoms with Crippen molar-refractivity contribution in [1.29, 1.82) is 0 Å². The Hall–Kier alpha value is -4.33. The molecule has 0 saturated heterocycles. The topological polar surface area (TPSA) is 146 Å². The van der Waals surface area contributed by atoms with Crippen LogP contribution in [0, 0.1) is 17.0 Å². The largest absolute Gasteiger partial charge is 0.490 e. The molecule has 0 aliphatic heterocycles. The number of benzene rings is 2. The van der Waals surface area contributed by atoms with Crippen molar-refractivity contribution in [3.8, 4) is 23.0 Å². The van der Waals surface area contributed by atoms with Crippen LogP contribution in [0.4, 0.5) is 22.4 Å². The van der Waals surface area contributed by atoms with Gasteiger partial charge in [0.15, 0.2) is 29.1 Å². The number of nitrogens with one attached hydrogen (secondary N) is 1. The summed E-state index contributed by atoms with van der Waals surface area (Å²) >= 11 is 0. The molecule has 0 unspecified atom stereocenters. The third-order valence-corrected chi connectivity index (χ3v) is 5.89. The Bertz CT molecular complexity index is 1410. The van der Waals surface area contributed by atoms with E-state index in [9.17, 15) is 27.2 Å². The normalized spacial score (nSPS) is 12.2. The van der Waals surface area contributed by atoms with E-state index in [1.54, 1.807) is 0 Å². The van der Waals surface area contributed by atoms with Gasteiger partial charge in [-0.1, -0.05) is 26.8 Å². The molecule has 43 heavy (non-hydrogen) atoms. The molecule has 1 atom stereocenters. The highest BCUT2D eigenvalue weighted by Gasteiger charge is 2.33. The highest BCUT2D eigenvalue weighted by molar-refractivity contribution is 5.94. The second-order valence-corrected chi connectivity index (χ2v) is 10.7. The first kappa shape index (κ1) is 33.2. The molecule has 0 radical (unpaired) electrons. The second kappa shape index (κ2) is 14.7. The Labute approximate surface area is 245 Å². The molecule has 2 aromatic carbocycles. The molecule has 234 valence electrons. The molecule has 0 saturated carbocycles. The molecule has 14 heteroatoms. The van der Waals surface area contributed by atoms with Crippen LogP contribution in [0.15, 0.2) is 40.8 Å². The molecule has 0 spiro atoms. The molecule has 2 amide bonds. The maximum Gasteiger partial charge on any atom is 0.405 e. The van der Waals surface area contributed by atoms with Crippen molar-refractivity contribution >= 4 is 12.0 Å². The van der Waals surface area contributed by atoms with Crippen molar-refractivity contribution in [3.63, 3.8) is 0 Å². The van der Waals surface area contributed by atoms with E-state index in [0.29, 0.717) is 18.9 Å². The van der Waals surface area contributed by atoms with Crippen LogP contribution in [0.25, 0.3) is 11.5 Å². The average Bonchev–Trinajstić information content (AvgIpc) is 3.35. The Morgan fingerprint density at radius 2 is 1.84 bits per heavy atom. The van der Waals surface area contributed by atoms with Gasteiger partial charge in [0.25, 0.3) is 5.91 Å². The summed E-state index contributed by atoms with van der Waals surface area (Å²) in [5, 5.41) is 11.5. The number of nitrogens with two attached hydrogens (primary N) is 1. The summed E-state index contributed by atoms with van der Waals surface area (Å²) in [6.45, 7) is 2.07. The fourth-order valence-electron chi connectivity index (χ4n) is 3.99. The fraction of sp³-hybridized carbons (Fsp3) is 0.414. The summed E-state index contributed by atoms with van der Waals surface area (Å²) in [7, 11) is 0. The summed E-state index contributed by atoms with van der Waals surface area (Å²) < 4.78 is 74.8. The Kier molecular flexibility index (Phi) is 11.4. The number of nitrogens with zero attached hydrogens (tertiary/aromatic N) is 1. The van der Waals surface area contributed by atoms with Gasteiger partial charge in [0, 0.05) is 30.3 Å². The van der Waals surface area contributed by atoms with Crippen LogP contribution in [0.5, 0.6) is 11.5 Å². The SMILES string of the molecule is CC(C)(C)C[C@H](OC(N)=O)c1oc(-c2ccc(OC(F)F)c(OCCCCO)c2)nc1C(=O)NCc1ccc(F)cc1F. The fourth-order valence-corrected chi connectivity index (χ4v) is 3.99.